The number of ether oxygens (including phenoxy) is 1. The van der Waals surface area contributed by atoms with Crippen molar-refractivity contribution in [2.24, 2.45) is 5.92 Å². The molecule has 3 heterocycles. The molecular weight excluding hydrogens is 420 g/mol. The summed E-state index contributed by atoms with van der Waals surface area (Å²) in [6.45, 7) is 13.9. The van der Waals surface area contributed by atoms with Crippen LogP contribution in [0.3, 0.4) is 0 Å². The average Bonchev–Trinajstić information content (AvgIpc) is 3.10. The van der Waals surface area contributed by atoms with Gasteiger partial charge in [0.1, 0.15) is 11.9 Å². The molecule has 172 valence electrons. The van der Waals surface area contributed by atoms with E-state index < -0.39 is 25.4 Å². The van der Waals surface area contributed by atoms with Gasteiger partial charge in [-0.25, -0.2) is 9.78 Å². The van der Waals surface area contributed by atoms with Crippen molar-refractivity contribution >= 4 is 25.8 Å². The number of nitro groups is 1. The molecule has 3 atom stereocenters. The second-order valence-corrected chi connectivity index (χ2v) is 14.7. The number of hydrogen-bond donors (Lipinski definition) is 2. The number of carbonyl (C=O) groups is 1. The molecule has 1 fully saturated rings. The molecule has 0 bridgehead atoms. The van der Waals surface area contributed by atoms with Crippen LogP contribution in [0.15, 0.2) is 6.20 Å². The largest absolute Gasteiger partial charge is 0.477 e. The van der Waals surface area contributed by atoms with Crippen LogP contribution in [0.4, 0.5) is 16.2 Å². The molecular formula is C20H32N4O6Si. The van der Waals surface area contributed by atoms with Crippen LogP contribution >= 0.6 is 0 Å². The summed E-state index contributed by atoms with van der Waals surface area (Å²) in [5, 5.41) is 23.8. The summed E-state index contributed by atoms with van der Waals surface area (Å²) in [5.74, 6) is 0.362. The highest BCUT2D eigenvalue weighted by Gasteiger charge is 2.46. The number of amides is 1. The number of anilines is 1. The lowest BCUT2D eigenvalue weighted by atomic mass is 9.91. The highest BCUT2D eigenvalue weighted by molar-refractivity contribution is 6.74. The third-order valence-electron chi connectivity index (χ3n) is 6.62. The normalized spacial score (nSPS) is 23.8. The number of nitrogens with one attached hydrogen (secondary N) is 1. The van der Waals surface area contributed by atoms with Crippen molar-refractivity contribution in [1.82, 2.24) is 10.3 Å². The van der Waals surface area contributed by atoms with E-state index in [9.17, 15) is 20.0 Å². The van der Waals surface area contributed by atoms with Crippen LogP contribution in [0.25, 0.3) is 0 Å². The van der Waals surface area contributed by atoms with Crippen molar-refractivity contribution in [3.63, 3.8) is 0 Å². The number of aromatic nitrogens is 1. The molecule has 1 aromatic heterocycles. The summed E-state index contributed by atoms with van der Waals surface area (Å²) >= 11 is 0. The van der Waals surface area contributed by atoms with Crippen LogP contribution in [-0.4, -0.2) is 61.3 Å². The summed E-state index contributed by atoms with van der Waals surface area (Å²) < 4.78 is 12.2. The average molecular weight is 453 g/mol. The first-order chi connectivity index (χ1) is 14.3. The van der Waals surface area contributed by atoms with Crippen LogP contribution in [0.1, 0.15) is 33.3 Å². The number of nitrogens with zero attached hydrogens (tertiary/aromatic N) is 3. The Morgan fingerprint density at radius 2 is 2.10 bits per heavy atom. The van der Waals surface area contributed by atoms with Gasteiger partial charge in [-0.3, -0.25) is 10.1 Å². The van der Waals surface area contributed by atoms with E-state index in [4.69, 9.17) is 9.16 Å². The van der Waals surface area contributed by atoms with E-state index in [2.05, 4.69) is 44.2 Å². The SMILES string of the molecule is C[C@H]1CN(c2c([N+](=O)[O-])cnc3c2CCO3)C[C@@H](NC(=O)O)[C@@H]1O[Si](C)(C)C(C)(C)C. The smallest absolute Gasteiger partial charge is 0.405 e. The quantitative estimate of drug-likeness (QED) is 0.395. The molecule has 31 heavy (non-hydrogen) atoms. The monoisotopic (exact) mass is 452 g/mol. The lowest BCUT2D eigenvalue weighted by Gasteiger charge is -2.48. The van der Waals surface area contributed by atoms with E-state index in [0.29, 0.717) is 36.7 Å². The minimum absolute atomic E-state index is 0.0281. The molecule has 0 radical (unpaired) electrons. The number of fused-ring (bicyclic) bond motifs is 1. The van der Waals surface area contributed by atoms with E-state index in [0.717, 1.165) is 0 Å². The Labute approximate surface area is 183 Å². The predicted octanol–water partition coefficient (Wildman–Crippen LogP) is 3.41. The summed E-state index contributed by atoms with van der Waals surface area (Å²) in [7, 11) is -2.16. The molecule has 2 aliphatic heterocycles. The molecule has 1 saturated heterocycles. The van der Waals surface area contributed by atoms with Crippen molar-refractivity contribution in [2.75, 3.05) is 24.6 Å². The molecule has 2 N–H and O–H groups in total. The van der Waals surface area contributed by atoms with E-state index in [1.807, 2.05) is 11.8 Å². The molecule has 10 nitrogen and oxygen atoms in total. The highest BCUT2D eigenvalue weighted by Crippen LogP contribution is 2.43. The fourth-order valence-electron chi connectivity index (χ4n) is 4.05. The number of pyridine rings is 1. The molecule has 1 aromatic rings. The van der Waals surface area contributed by atoms with Crippen LogP contribution < -0.4 is 15.0 Å². The Kier molecular flexibility index (Phi) is 6.20. The number of hydrogen-bond acceptors (Lipinski definition) is 7. The minimum atomic E-state index is -2.16. The fourth-order valence-corrected chi connectivity index (χ4v) is 5.48. The maximum absolute atomic E-state index is 11.7. The van der Waals surface area contributed by atoms with Crippen molar-refractivity contribution in [1.29, 1.82) is 0 Å². The second kappa shape index (κ2) is 8.27. The molecule has 0 aliphatic carbocycles. The van der Waals surface area contributed by atoms with Gasteiger partial charge in [0.15, 0.2) is 8.32 Å². The Morgan fingerprint density at radius 1 is 1.42 bits per heavy atom. The predicted molar refractivity (Wildman–Crippen MR) is 118 cm³/mol. The number of carboxylic acid groups (broad SMARTS) is 1. The molecule has 0 unspecified atom stereocenters. The maximum Gasteiger partial charge on any atom is 0.405 e. The molecule has 3 rings (SSSR count). The van der Waals surface area contributed by atoms with Gasteiger partial charge in [0.25, 0.3) is 0 Å². The van der Waals surface area contributed by atoms with Gasteiger partial charge in [-0.1, -0.05) is 27.7 Å². The first-order valence-corrected chi connectivity index (χ1v) is 13.4. The van der Waals surface area contributed by atoms with E-state index in [1.165, 1.54) is 6.20 Å². The Bertz CT molecular complexity index is 872. The number of rotatable bonds is 5. The third-order valence-corrected chi connectivity index (χ3v) is 11.1. The zero-order chi connectivity index (χ0) is 23.1. The van der Waals surface area contributed by atoms with Gasteiger partial charge in [-0.05, 0) is 18.1 Å². The Morgan fingerprint density at radius 3 is 2.68 bits per heavy atom. The van der Waals surface area contributed by atoms with Crippen molar-refractivity contribution in [2.45, 2.75) is 64.4 Å². The minimum Gasteiger partial charge on any atom is -0.477 e. The zero-order valence-corrected chi connectivity index (χ0v) is 20.0. The van der Waals surface area contributed by atoms with Crippen molar-refractivity contribution in [3.8, 4) is 5.88 Å². The van der Waals surface area contributed by atoms with Crippen molar-refractivity contribution < 1.29 is 24.0 Å². The molecule has 2 aliphatic rings. The van der Waals surface area contributed by atoms with Crippen LogP contribution in [0.2, 0.25) is 18.1 Å². The van der Waals surface area contributed by atoms with E-state index in [-0.39, 0.29) is 29.3 Å². The molecule has 0 aromatic carbocycles. The third kappa shape index (κ3) is 4.61. The molecule has 11 heteroatoms. The van der Waals surface area contributed by atoms with Gasteiger partial charge >= 0.3 is 11.8 Å². The van der Waals surface area contributed by atoms with Gasteiger partial charge in [-0.15, -0.1) is 0 Å². The van der Waals surface area contributed by atoms with Gasteiger partial charge in [0.05, 0.1) is 23.7 Å². The molecule has 0 saturated carbocycles. The summed E-state index contributed by atoms with van der Waals surface area (Å²) in [6.07, 6.45) is 0.298. The first kappa shape index (κ1) is 23.3. The second-order valence-electron chi connectivity index (χ2n) is 9.91. The lowest BCUT2D eigenvalue weighted by Crippen LogP contribution is -2.62. The van der Waals surface area contributed by atoms with Gasteiger partial charge in [0, 0.05) is 31.0 Å². The molecule has 1 amide bonds. The summed E-state index contributed by atoms with van der Waals surface area (Å²) in [6, 6.07) is -0.527. The van der Waals surface area contributed by atoms with E-state index in [1.54, 1.807) is 0 Å². The first-order valence-electron chi connectivity index (χ1n) is 10.5. The summed E-state index contributed by atoms with van der Waals surface area (Å²) in [5.41, 5.74) is 1.09. The Hall–Kier alpha value is -2.40. The summed E-state index contributed by atoms with van der Waals surface area (Å²) in [4.78, 5) is 28.9. The van der Waals surface area contributed by atoms with E-state index >= 15 is 0 Å². The van der Waals surface area contributed by atoms with Gasteiger partial charge in [0.2, 0.25) is 5.88 Å². The topological polar surface area (TPSA) is 127 Å². The number of piperidine rings is 1. The Balaban J connectivity index is 1.97. The van der Waals surface area contributed by atoms with Crippen LogP contribution in [-0.2, 0) is 10.8 Å². The fraction of sp³-hybridized carbons (Fsp3) is 0.700. The maximum atomic E-state index is 11.7. The van der Waals surface area contributed by atoms with Gasteiger partial charge in [-0.2, -0.15) is 0 Å². The zero-order valence-electron chi connectivity index (χ0n) is 19.0. The molecule has 0 spiro atoms. The standard InChI is InChI=1S/C20H32N4O6Si/c1-12-10-23(16-13-7-8-29-18(13)21-9-15(16)24(27)28)11-14(22-19(25)26)17(12)30-31(5,6)20(2,3)4/h9,12,14,17,22H,7-8,10-11H2,1-6H3,(H,25,26)/t12-,14+,17+/m0/s1. The van der Waals surface area contributed by atoms with Crippen molar-refractivity contribution in [3.05, 3.63) is 21.9 Å². The van der Waals surface area contributed by atoms with Crippen LogP contribution in [0, 0.1) is 16.0 Å². The van der Waals surface area contributed by atoms with Crippen LogP contribution in [0.5, 0.6) is 5.88 Å². The highest BCUT2D eigenvalue weighted by atomic mass is 28.4. The lowest BCUT2D eigenvalue weighted by molar-refractivity contribution is -0.384. The van der Waals surface area contributed by atoms with Gasteiger partial charge < -0.3 is 24.5 Å².